The van der Waals surface area contributed by atoms with Crippen molar-refractivity contribution in [3.8, 4) is 0 Å². The molecule has 0 radical (unpaired) electrons. The number of nitrogens with two attached hydrogens (primary N) is 1. The fourth-order valence-electron chi connectivity index (χ4n) is 2.13. The molecule has 1 aromatic heterocycles. The summed E-state index contributed by atoms with van der Waals surface area (Å²) in [5, 5.41) is 10.3. The van der Waals surface area contributed by atoms with Crippen molar-refractivity contribution >= 4 is 26.8 Å². The molecule has 3 N–H and O–H groups in total. The van der Waals surface area contributed by atoms with Crippen molar-refractivity contribution in [1.29, 1.82) is 0 Å². The van der Waals surface area contributed by atoms with E-state index in [-0.39, 0.29) is 6.61 Å². The molecule has 1 heterocycles. The number of hydrogen-bond acceptors (Lipinski definition) is 2. The van der Waals surface area contributed by atoms with Gasteiger partial charge in [0, 0.05) is 28.1 Å². The van der Waals surface area contributed by atoms with Gasteiger partial charge in [-0.15, -0.1) is 0 Å². The Morgan fingerprint density at radius 3 is 2.88 bits per heavy atom. The van der Waals surface area contributed by atoms with E-state index in [2.05, 4.69) is 44.9 Å². The lowest BCUT2D eigenvalue weighted by Crippen LogP contribution is -2.01. The first kappa shape index (κ1) is 12.6. The van der Waals surface area contributed by atoms with Crippen molar-refractivity contribution < 1.29 is 5.11 Å². The third-order valence-corrected chi connectivity index (χ3v) is 3.41. The van der Waals surface area contributed by atoms with Crippen molar-refractivity contribution in [1.82, 2.24) is 4.57 Å². The number of rotatable bonds is 5. The number of nitrogens with zero attached hydrogens (tertiary/aromatic N) is 1. The van der Waals surface area contributed by atoms with Crippen LogP contribution in [-0.4, -0.2) is 22.8 Å². The van der Waals surface area contributed by atoms with E-state index in [0.29, 0.717) is 13.1 Å². The predicted octanol–water partition coefficient (Wildman–Crippen LogP) is 2.29. The van der Waals surface area contributed by atoms with Crippen LogP contribution in [0.2, 0.25) is 0 Å². The first-order valence-electron chi connectivity index (χ1n) is 5.84. The van der Waals surface area contributed by atoms with Crippen LogP contribution >= 0.6 is 15.9 Å². The van der Waals surface area contributed by atoms with Crippen LogP contribution < -0.4 is 5.73 Å². The topological polar surface area (TPSA) is 51.2 Å². The normalized spacial score (nSPS) is 11.2. The minimum Gasteiger partial charge on any atom is -0.395 e. The van der Waals surface area contributed by atoms with E-state index < -0.39 is 0 Å². The van der Waals surface area contributed by atoms with E-state index in [0.717, 1.165) is 17.3 Å². The Labute approximate surface area is 109 Å². The summed E-state index contributed by atoms with van der Waals surface area (Å²) < 4.78 is 3.17. The van der Waals surface area contributed by atoms with Crippen molar-refractivity contribution in [3.63, 3.8) is 0 Å². The van der Waals surface area contributed by atoms with Crippen LogP contribution in [0.5, 0.6) is 0 Å². The van der Waals surface area contributed by atoms with E-state index in [1.807, 2.05) is 0 Å². The molecule has 0 aliphatic carbocycles. The van der Waals surface area contributed by atoms with Gasteiger partial charge in [0.05, 0.1) is 6.61 Å². The molecule has 2 aromatic rings. The molecule has 0 saturated carbocycles. The molecule has 0 spiro atoms. The number of aromatic nitrogens is 1. The number of fused-ring (bicyclic) bond motifs is 1. The predicted molar refractivity (Wildman–Crippen MR) is 74.1 cm³/mol. The summed E-state index contributed by atoms with van der Waals surface area (Å²) >= 11 is 3.48. The highest BCUT2D eigenvalue weighted by atomic mass is 79.9. The summed E-state index contributed by atoms with van der Waals surface area (Å²) in [5.41, 5.74) is 8.03. The molecule has 2 rings (SSSR count). The summed E-state index contributed by atoms with van der Waals surface area (Å²) in [7, 11) is 0. The average Bonchev–Trinajstić information content (AvgIpc) is 2.65. The zero-order chi connectivity index (χ0) is 12.3. The number of benzene rings is 1. The van der Waals surface area contributed by atoms with Crippen LogP contribution in [0.25, 0.3) is 10.9 Å². The number of halogens is 1. The van der Waals surface area contributed by atoms with Crippen molar-refractivity contribution in [2.45, 2.75) is 19.4 Å². The fourth-order valence-corrected chi connectivity index (χ4v) is 2.47. The first-order chi connectivity index (χ1) is 8.26. The third kappa shape index (κ3) is 2.70. The molecular formula is C13H17BrN2O. The summed E-state index contributed by atoms with van der Waals surface area (Å²) in [5.74, 6) is 0. The van der Waals surface area contributed by atoms with E-state index in [1.165, 1.54) is 16.5 Å². The molecule has 92 valence electrons. The molecule has 0 fully saturated rings. The number of aliphatic hydroxyl groups is 1. The highest BCUT2D eigenvalue weighted by Crippen LogP contribution is 2.25. The van der Waals surface area contributed by atoms with Crippen LogP contribution in [0.1, 0.15) is 12.0 Å². The van der Waals surface area contributed by atoms with Gasteiger partial charge in [-0.1, -0.05) is 22.0 Å². The SMILES string of the molecule is NCCCc1cn(CCO)c2cc(Br)ccc12. The largest absolute Gasteiger partial charge is 0.395 e. The molecule has 0 amide bonds. The maximum absolute atomic E-state index is 9.08. The summed E-state index contributed by atoms with van der Waals surface area (Å²) in [4.78, 5) is 0. The lowest BCUT2D eigenvalue weighted by Gasteiger charge is -2.01. The van der Waals surface area contributed by atoms with Gasteiger partial charge >= 0.3 is 0 Å². The lowest BCUT2D eigenvalue weighted by molar-refractivity contribution is 0.278. The van der Waals surface area contributed by atoms with Gasteiger partial charge in [-0.3, -0.25) is 0 Å². The summed E-state index contributed by atoms with van der Waals surface area (Å²) in [6, 6.07) is 6.27. The van der Waals surface area contributed by atoms with Crippen LogP contribution in [-0.2, 0) is 13.0 Å². The quantitative estimate of drug-likeness (QED) is 0.889. The molecule has 0 aliphatic rings. The highest BCUT2D eigenvalue weighted by molar-refractivity contribution is 9.10. The van der Waals surface area contributed by atoms with Gasteiger partial charge in [-0.05, 0) is 37.1 Å². The molecule has 0 atom stereocenters. The monoisotopic (exact) mass is 296 g/mol. The van der Waals surface area contributed by atoms with Gasteiger partial charge < -0.3 is 15.4 Å². The number of aliphatic hydroxyl groups excluding tert-OH is 1. The van der Waals surface area contributed by atoms with E-state index in [4.69, 9.17) is 10.8 Å². The van der Waals surface area contributed by atoms with Gasteiger partial charge in [0.15, 0.2) is 0 Å². The number of aryl methyl sites for hydroxylation is 1. The van der Waals surface area contributed by atoms with Gasteiger partial charge in [-0.2, -0.15) is 0 Å². The van der Waals surface area contributed by atoms with Gasteiger partial charge in [-0.25, -0.2) is 0 Å². The molecular weight excluding hydrogens is 280 g/mol. The van der Waals surface area contributed by atoms with Crippen LogP contribution in [0.3, 0.4) is 0 Å². The third-order valence-electron chi connectivity index (χ3n) is 2.92. The average molecular weight is 297 g/mol. The molecule has 4 heteroatoms. The minimum atomic E-state index is 0.159. The smallest absolute Gasteiger partial charge is 0.0610 e. The van der Waals surface area contributed by atoms with Crippen molar-refractivity contribution in [2.24, 2.45) is 5.73 Å². The van der Waals surface area contributed by atoms with Crippen molar-refractivity contribution in [2.75, 3.05) is 13.2 Å². The fraction of sp³-hybridized carbons (Fsp3) is 0.385. The van der Waals surface area contributed by atoms with Crippen LogP contribution in [0.15, 0.2) is 28.9 Å². The molecule has 0 aliphatic heterocycles. The maximum Gasteiger partial charge on any atom is 0.0610 e. The Hall–Kier alpha value is -0.840. The maximum atomic E-state index is 9.08. The van der Waals surface area contributed by atoms with Crippen LogP contribution in [0.4, 0.5) is 0 Å². The molecule has 1 aromatic carbocycles. The van der Waals surface area contributed by atoms with Crippen molar-refractivity contribution in [3.05, 3.63) is 34.4 Å². The molecule has 17 heavy (non-hydrogen) atoms. The number of hydrogen-bond donors (Lipinski definition) is 2. The standard InChI is InChI=1S/C13H17BrN2O/c14-11-3-4-12-10(2-1-5-15)9-16(6-7-17)13(12)8-11/h3-4,8-9,17H,1-2,5-7,15H2. The first-order valence-corrected chi connectivity index (χ1v) is 6.63. The Morgan fingerprint density at radius 2 is 2.18 bits per heavy atom. The van der Waals surface area contributed by atoms with Gasteiger partial charge in [0.2, 0.25) is 0 Å². The Bertz CT molecular complexity index is 507. The Balaban J connectivity index is 2.46. The minimum absolute atomic E-state index is 0.159. The highest BCUT2D eigenvalue weighted by Gasteiger charge is 2.08. The van der Waals surface area contributed by atoms with Gasteiger partial charge in [0.25, 0.3) is 0 Å². The van der Waals surface area contributed by atoms with Gasteiger partial charge in [0.1, 0.15) is 0 Å². The molecule has 3 nitrogen and oxygen atoms in total. The van der Waals surface area contributed by atoms with E-state index in [9.17, 15) is 0 Å². The molecule has 0 bridgehead atoms. The second-order valence-electron chi connectivity index (χ2n) is 4.13. The lowest BCUT2D eigenvalue weighted by atomic mass is 10.1. The van der Waals surface area contributed by atoms with E-state index >= 15 is 0 Å². The van der Waals surface area contributed by atoms with Crippen LogP contribution in [0, 0.1) is 0 Å². The Kier molecular flexibility index (Phi) is 4.20. The molecule has 0 unspecified atom stereocenters. The van der Waals surface area contributed by atoms with E-state index in [1.54, 1.807) is 0 Å². The summed E-state index contributed by atoms with van der Waals surface area (Å²) in [6.07, 6.45) is 4.12. The summed E-state index contributed by atoms with van der Waals surface area (Å²) in [6.45, 7) is 1.51. The second kappa shape index (κ2) is 5.67. The second-order valence-corrected chi connectivity index (χ2v) is 5.04. The molecule has 0 saturated heterocycles. The Morgan fingerprint density at radius 1 is 1.35 bits per heavy atom. The zero-order valence-electron chi connectivity index (χ0n) is 9.69. The zero-order valence-corrected chi connectivity index (χ0v) is 11.3.